The summed E-state index contributed by atoms with van der Waals surface area (Å²) in [6.07, 6.45) is 1.73. The van der Waals surface area contributed by atoms with Gasteiger partial charge in [0, 0.05) is 37.6 Å². The van der Waals surface area contributed by atoms with Gasteiger partial charge in [-0.05, 0) is 30.3 Å². The number of nitrogens with one attached hydrogen (secondary N) is 1. The zero-order chi connectivity index (χ0) is 23.1. The molecule has 0 amide bonds. The van der Waals surface area contributed by atoms with Gasteiger partial charge in [0.2, 0.25) is 16.0 Å². The van der Waals surface area contributed by atoms with Crippen molar-refractivity contribution < 1.29 is 17.9 Å². The van der Waals surface area contributed by atoms with Gasteiger partial charge in [-0.1, -0.05) is 30.3 Å². The number of anilines is 3. The SMILES string of the molecule is COCCS(=O)(=O)Nc1ccc(-c2ccnc(N(c3ccccc3)N3CCOCC3)n2)cc1. The molecule has 0 bridgehead atoms. The molecule has 2 aromatic carbocycles. The number of aromatic nitrogens is 2. The van der Waals surface area contributed by atoms with E-state index in [4.69, 9.17) is 14.5 Å². The second-order valence-corrected chi connectivity index (χ2v) is 9.29. The van der Waals surface area contributed by atoms with Crippen LogP contribution < -0.4 is 9.73 Å². The Morgan fingerprint density at radius 2 is 1.79 bits per heavy atom. The van der Waals surface area contributed by atoms with Crippen molar-refractivity contribution in [3.8, 4) is 11.3 Å². The van der Waals surface area contributed by atoms with Gasteiger partial charge in [-0.25, -0.2) is 28.4 Å². The Morgan fingerprint density at radius 1 is 1.06 bits per heavy atom. The number of hydrogen-bond acceptors (Lipinski definition) is 8. The minimum atomic E-state index is -3.46. The molecule has 2 heterocycles. The number of sulfonamides is 1. The second kappa shape index (κ2) is 10.7. The van der Waals surface area contributed by atoms with E-state index in [-0.39, 0.29) is 12.4 Å². The number of hydrogen-bond donors (Lipinski definition) is 1. The Balaban J connectivity index is 1.58. The highest BCUT2D eigenvalue weighted by Crippen LogP contribution is 2.27. The average Bonchev–Trinajstić information content (AvgIpc) is 2.85. The third-order valence-electron chi connectivity index (χ3n) is 5.11. The Labute approximate surface area is 194 Å². The zero-order valence-electron chi connectivity index (χ0n) is 18.4. The molecule has 10 heteroatoms. The van der Waals surface area contributed by atoms with E-state index in [1.165, 1.54) is 7.11 Å². The molecule has 9 nitrogen and oxygen atoms in total. The van der Waals surface area contributed by atoms with Gasteiger partial charge < -0.3 is 9.47 Å². The Morgan fingerprint density at radius 3 is 2.48 bits per heavy atom. The molecule has 1 aromatic heterocycles. The third-order valence-corrected chi connectivity index (χ3v) is 6.36. The Bertz CT molecular complexity index is 1140. The molecule has 1 N–H and O–H groups in total. The molecule has 0 spiro atoms. The highest BCUT2D eigenvalue weighted by Gasteiger charge is 2.23. The van der Waals surface area contributed by atoms with Crippen molar-refractivity contribution >= 4 is 27.3 Å². The van der Waals surface area contributed by atoms with Crippen LogP contribution in [0, 0.1) is 0 Å². The minimum absolute atomic E-state index is 0.0998. The number of hydrazine groups is 1. The molecule has 1 aliphatic heterocycles. The number of rotatable bonds is 9. The zero-order valence-corrected chi connectivity index (χ0v) is 19.2. The predicted molar refractivity (Wildman–Crippen MR) is 128 cm³/mol. The first-order valence-electron chi connectivity index (χ1n) is 10.7. The summed E-state index contributed by atoms with van der Waals surface area (Å²) in [5.41, 5.74) is 3.05. The lowest BCUT2D eigenvalue weighted by molar-refractivity contribution is 0.0371. The molecule has 0 radical (unpaired) electrons. The summed E-state index contributed by atoms with van der Waals surface area (Å²) in [7, 11) is -1.99. The van der Waals surface area contributed by atoms with E-state index in [2.05, 4.69) is 14.7 Å². The molecule has 0 saturated carbocycles. The van der Waals surface area contributed by atoms with Crippen molar-refractivity contribution in [3.63, 3.8) is 0 Å². The van der Waals surface area contributed by atoms with Crippen LogP contribution in [-0.2, 0) is 19.5 Å². The number of morpholine rings is 1. The highest BCUT2D eigenvalue weighted by atomic mass is 32.2. The molecule has 4 rings (SSSR count). The average molecular weight is 470 g/mol. The first-order valence-corrected chi connectivity index (χ1v) is 12.3. The number of nitrogens with zero attached hydrogens (tertiary/aromatic N) is 4. The van der Waals surface area contributed by atoms with Gasteiger partial charge in [0.1, 0.15) is 0 Å². The quantitative estimate of drug-likeness (QED) is 0.511. The van der Waals surface area contributed by atoms with E-state index in [9.17, 15) is 8.42 Å². The van der Waals surface area contributed by atoms with E-state index in [1.807, 2.05) is 53.5 Å². The molecule has 1 aliphatic rings. The van der Waals surface area contributed by atoms with Gasteiger partial charge in [0.05, 0.1) is 37.0 Å². The third kappa shape index (κ3) is 6.05. The fraction of sp³-hybridized carbons (Fsp3) is 0.304. The molecule has 0 aliphatic carbocycles. The second-order valence-electron chi connectivity index (χ2n) is 7.45. The van der Waals surface area contributed by atoms with Gasteiger partial charge in [0.25, 0.3) is 0 Å². The normalized spacial score (nSPS) is 14.7. The fourth-order valence-corrected chi connectivity index (χ4v) is 4.46. The van der Waals surface area contributed by atoms with Crippen LogP contribution in [-0.4, -0.2) is 69.2 Å². The number of methoxy groups -OCH3 is 1. The monoisotopic (exact) mass is 469 g/mol. The Kier molecular flexibility index (Phi) is 7.50. The molecular formula is C23H27N5O4S. The van der Waals surface area contributed by atoms with Gasteiger partial charge in [0.15, 0.2) is 0 Å². The van der Waals surface area contributed by atoms with Gasteiger partial charge in [-0.3, -0.25) is 4.72 Å². The lowest BCUT2D eigenvalue weighted by Crippen LogP contribution is -2.47. The molecule has 1 fully saturated rings. The first kappa shape index (κ1) is 23.1. The van der Waals surface area contributed by atoms with Crippen LogP contribution in [0.2, 0.25) is 0 Å². The first-order chi connectivity index (χ1) is 16.1. The van der Waals surface area contributed by atoms with Crippen molar-refractivity contribution in [1.82, 2.24) is 15.0 Å². The smallest absolute Gasteiger partial charge is 0.245 e. The number of para-hydroxylation sites is 1. The maximum absolute atomic E-state index is 12.1. The molecule has 0 atom stereocenters. The Hall–Kier alpha value is -3.05. The standard InChI is InChI=1S/C23H27N5O4S/c1-31-17-18-33(29,30)26-20-9-7-19(8-10-20)22-11-12-24-23(25-22)28(21-5-3-2-4-6-21)27-13-15-32-16-14-27/h2-12,26H,13-18H2,1H3. The van der Waals surface area contributed by atoms with Crippen LogP contribution in [0.1, 0.15) is 0 Å². The predicted octanol–water partition coefficient (Wildman–Crippen LogP) is 2.92. The van der Waals surface area contributed by atoms with Crippen LogP contribution in [0.5, 0.6) is 0 Å². The summed E-state index contributed by atoms with van der Waals surface area (Å²) in [5, 5.41) is 4.19. The lowest BCUT2D eigenvalue weighted by Gasteiger charge is -2.37. The number of ether oxygens (including phenoxy) is 2. The van der Waals surface area contributed by atoms with Crippen LogP contribution in [0.25, 0.3) is 11.3 Å². The van der Waals surface area contributed by atoms with Gasteiger partial charge in [-0.2, -0.15) is 0 Å². The largest absolute Gasteiger partial charge is 0.384 e. The van der Waals surface area contributed by atoms with Crippen molar-refractivity contribution in [3.05, 3.63) is 66.9 Å². The van der Waals surface area contributed by atoms with Crippen molar-refractivity contribution in [2.75, 3.05) is 55.5 Å². The molecular weight excluding hydrogens is 442 g/mol. The summed E-state index contributed by atoms with van der Waals surface area (Å²) < 4.78 is 37.1. The van der Waals surface area contributed by atoms with Crippen LogP contribution in [0.4, 0.5) is 17.3 Å². The van der Waals surface area contributed by atoms with E-state index in [1.54, 1.807) is 18.3 Å². The van der Waals surface area contributed by atoms with Crippen molar-refractivity contribution in [2.45, 2.75) is 0 Å². The van der Waals surface area contributed by atoms with Crippen molar-refractivity contribution in [1.29, 1.82) is 0 Å². The summed E-state index contributed by atoms with van der Waals surface area (Å²) in [4.78, 5) is 9.36. The summed E-state index contributed by atoms with van der Waals surface area (Å²) in [5.74, 6) is 0.460. The summed E-state index contributed by atoms with van der Waals surface area (Å²) in [6.45, 7) is 2.90. The maximum Gasteiger partial charge on any atom is 0.245 e. The molecule has 174 valence electrons. The van der Waals surface area contributed by atoms with Gasteiger partial charge >= 0.3 is 0 Å². The van der Waals surface area contributed by atoms with Crippen LogP contribution >= 0.6 is 0 Å². The topological polar surface area (TPSA) is 96.9 Å². The van der Waals surface area contributed by atoms with Crippen molar-refractivity contribution in [2.24, 2.45) is 0 Å². The molecule has 3 aromatic rings. The fourth-order valence-electron chi connectivity index (χ4n) is 3.47. The maximum atomic E-state index is 12.1. The van der Waals surface area contributed by atoms with Crippen LogP contribution in [0.3, 0.4) is 0 Å². The summed E-state index contributed by atoms with van der Waals surface area (Å²) in [6, 6.07) is 18.9. The van der Waals surface area contributed by atoms with Crippen LogP contribution in [0.15, 0.2) is 66.9 Å². The summed E-state index contributed by atoms with van der Waals surface area (Å²) >= 11 is 0. The number of benzene rings is 2. The molecule has 33 heavy (non-hydrogen) atoms. The lowest BCUT2D eigenvalue weighted by atomic mass is 10.1. The molecule has 1 saturated heterocycles. The highest BCUT2D eigenvalue weighted by molar-refractivity contribution is 7.92. The minimum Gasteiger partial charge on any atom is -0.384 e. The van der Waals surface area contributed by atoms with E-state index in [0.717, 1.165) is 30.0 Å². The van der Waals surface area contributed by atoms with E-state index in [0.29, 0.717) is 24.8 Å². The van der Waals surface area contributed by atoms with E-state index < -0.39 is 10.0 Å². The van der Waals surface area contributed by atoms with Gasteiger partial charge in [-0.15, -0.1) is 0 Å². The van der Waals surface area contributed by atoms with E-state index >= 15 is 0 Å². The molecule has 0 unspecified atom stereocenters.